The highest BCUT2D eigenvalue weighted by Gasteiger charge is 2.29. The molecule has 24 heavy (non-hydrogen) atoms. The standard InChI is InChI=1S/C20H15ClFNO/c21-15-8-11-18-17(12-15)19(13-4-2-1-3-5-13)24-20(23-18)14-6-9-16(22)10-7-14/h1-12,19-20,23H/t19-,20-/m1/s1. The summed E-state index contributed by atoms with van der Waals surface area (Å²) in [5.74, 6) is -0.263. The van der Waals surface area contributed by atoms with Crippen LogP contribution in [0.25, 0.3) is 0 Å². The number of anilines is 1. The van der Waals surface area contributed by atoms with Gasteiger partial charge < -0.3 is 10.1 Å². The van der Waals surface area contributed by atoms with Crippen molar-refractivity contribution in [2.24, 2.45) is 0 Å². The summed E-state index contributed by atoms with van der Waals surface area (Å²) in [6.45, 7) is 0. The normalized spacial score (nSPS) is 19.4. The zero-order valence-corrected chi connectivity index (χ0v) is 13.5. The number of fused-ring (bicyclic) bond motifs is 1. The van der Waals surface area contributed by atoms with Crippen LogP contribution in [0.4, 0.5) is 10.1 Å². The molecule has 1 aliphatic heterocycles. The topological polar surface area (TPSA) is 21.3 Å². The Kier molecular flexibility index (Phi) is 3.97. The van der Waals surface area contributed by atoms with Crippen molar-refractivity contribution < 1.29 is 9.13 Å². The fraction of sp³-hybridized carbons (Fsp3) is 0.100. The lowest BCUT2D eigenvalue weighted by molar-refractivity contribution is 0.0157. The van der Waals surface area contributed by atoms with Gasteiger partial charge in [0.15, 0.2) is 6.23 Å². The largest absolute Gasteiger partial charge is 0.356 e. The molecule has 0 aromatic heterocycles. The van der Waals surface area contributed by atoms with E-state index in [9.17, 15) is 4.39 Å². The number of rotatable bonds is 2. The van der Waals surface area contributed by atoms with Gasteiger partial charge in [-0.3, -0.25) is 0 Å². The Morgan fingerprint density at radius 2 is 1.62 bits per heavy atom. The molecule has 2 atom stereocenters. The molecule has 0 spiro atoms. The average molecular weight is 340 g/mol. The van der Waals surface area contributed by atoms with Gasteiger partial charge in [-0.05, 0) is 35.9 Å². The van der Waals surface area contributed by atoms with Crippen LogP contribution in [0.2, 0.25) is 5.02 Å². The average Bonchev–Trinajstić information content (AvgIpc) is 2.62. The summed E-state index contributed by atoms with van der Waals surface area (Å²) >= 11 is 6.18. The molecule has 1 aliphatic rings. The second kappa shape index (κ2) is 6.27. The highest BCUT2D eigenvalue weighted by atomic mass is 35.5. The van der Waals surface area contributed by atoms with E-state index >= 15 is 0 Å². The van der Waals surface area contributed by atoms with Crippen LogP contribution in [0.15, 0.2) is 72.8 Å². The molecule has 0 aliphatic carbocycles. The van der Waals surface area contributed by atoms with Crippen molar-refractivity contribution in [3.63, 3.8) is 0 Å². The minimum absolute atomic E-state index is 0.240. The first kappa shape index (κ1) is 15.2. The molecule has 4 heteroatoms. The van der Waals surface area contributed by atoms with Gasteiger partial charge in [0, 0.05) is 21.8 Å². The van der Waals surface area contributed by atoms with Crippen molar-refractivity contribution in [2.45, 2.75) is 12.3 Å². The Hall–Kier alpha value is -2.36. The van der Waals surface area contributed by atoms with Crippen LogP contribution in [0, 0.1) is 5.82 Å². The van der Waals surface area contributed by atoms with Crippen LogP contribution in [-0.4, -0.2) is 0 Å². The van der Waals surface area contributed by atoms with E-state index in [4.69, 9.17) is 16.3 Å². The summed E-state index contributed by atoms with van der Waals surface area (Å²) < 4.78 is 19.5. The Bertz CT molecular complexity index is 851. The van der Waals surface area contributed by atoms with Crippen LogP contribution >= 0.6 is 11.6 Å². The van der Waals surface area contributed by atoms with Gasteiger partial charge in [-0.15, -0.1) is 0 Å². The molecule has 3 aromatic rings. The van der Waals surface area contributed by atoms with E-state index < -0.39 is 0 Å². The third-order valence-electron chi connectivity index (χ3n) is 4.13. The lowest BCUT2D eigenvalue weighted by atomic mass is 9.97. The molecule has 0 bridgehead atoms. The van der Waals surface area contributed by atoms with Gasteiger partial charge in [0.2, 0.25) is 0 Å². The molecule has 0 amide bonds. The van der Waals surface area contributed by atoms with Gasteiger partial charge in [0.05, 0.1) is 0 Å². The van der Waals surface area contributed by atoms with Gasteiger partial charge in [-0.1, -0.05) is 54.1 Å². The summed E-state index contributed by atoms with van der Waals surface area (Å²) in [7, 11) is 0. The lowest BCUT2D eigenvalue weighted by Gasteiger charge is -2.34. The first-order valence-electron chi connectivity index (χ1n) is 7.72. The van der Waals surface area contributed by atoms with E-state index in [1.165, 1.54) is 12.1 Å². The molecule has 4 rings (SSSR count). The maximum Gasteiger partial charge on any atom is 0.155 e. The Balaban J connectivity index is 1.77. The van der Waals surface area contributed by atoms with Crippen LogP contribution < -0.4 is 5.32 Å². The van der Waals surface area contributed by atoms with Crippen molar-refractivity contribution in [3.05, 3.63) is 100 Å². The van der Waals surface area contributed by atoms with Crippen molar-refractivity contribution >= 4 is 17.3 Å². The van der Waals surface area contributed by atoms with E-state index in [0.29, 0.717) is 5.02 Å². The zero-order chi connectivity index (χ0) is 16.5. The van der Waals surface area contributed by atoms with Gasteiger partial charge in [-0.2, -0.15) is 0 Å². The summed E-state index contributed by atoms with van der Waals surface area (Å²) in [5.41, 5.74) is 3.88. The molecule has 1 heterocycles. The van der Waals surface area contributed by atoms with Crippen molar-refractivity contribution in [1.82, 2.24) is 0 Å². The van der Waals surface area contributed by atoms with Crippen LogP contribution in [0.1, 0.15) is 29.0 Å². The minimum atomic E-state index is -0.357. The molecular formula is C20H15ClFNO. The zero-order valence-electron chi connectivity index (χ0n) is 12.7. The van der Waals surface area contributed by atoms with Crippen molar-refractivity contribution in [2.75, 3.05) is 5.32 Å². The summed E-state index contributed by atoms with van der Waals surface area (Å²) in [6.07, 6.45) is -0.597. The minimum Gasteiger partial charge on any atom is -0.356 e. The van der Waals surface area contributed by atoms with Gasteiger partial charge in [0.1, 0.15) is 11.9 Å². The van der Waals surface area contributed by atoms with Crippen molar-refractivity contribution in [1.29, 1.82) is 0 Å². The van der Waals surface area contributed by atoms with Gasteiger partial charge in [0.25, 0.3) is 0 Å². The Morgan fingerprint density at radius 3 is 2.38 bits per heavy atom. The van der Waals surface area contributed by atoms with Crippen molar-refractivity contribution in [3.8, 4) is 0 Å². The van der Waals surface area contributed by atoms with Crippen LogP contribution in [-0.2, 0) is 4.74 Å². The molecule has 0 unspecified atom stereocenters. The fourth-order valence-electron chi connectivity index (χ4n) is 2.95. The number of hydrogen-bond acceptors (Lipinski definition) is 2. The maximum atomic E-state index is 13.2. The molecule has 1 N–H and O–H groups in total. The molecule has 120 valence electrons. The first-order valence-corrected chi connectivity index (χ1v) is 8.10. The van der Waals surface area contributed by atoms with Gasteiger partial charge in [-0.25, -0.2) is 4.39 Å². The second-order valence-electron chi connectivity index (χ2n) is 5.73. The maximum absolute atomic E-state index is 13.2. The smallest absolute Gasteiger partial charge is 0.155 e. The number of nitrogens with one attached hydrogen (secondary N) is 1. The molecule has 0 fully saturated rings. The van der Waals surface area contributed by atoms with E-state index in [2.05, 4.69) is 5.32 Å². The third-order valence-corrected chi connectivity index (χ3v) is 4.37. The second-order valence-corrected chi connectivity index (χ2v) is 6.17. The number of ether oxygens (including phenoxy) is 1. The van der Waals surface area contributed by atoms with E-state index in [0.717, 1.165) is 22.4 Å². The lowest BCUT2D eigenvalue weighted by Crippen LogP contribution is -2.25. The molecule has 0 saturated heterocycles. The van der Waals surface area contributed by atoms with Crippen LogP contribution in [0.3, 0.4) is 0 Å². The van der Waals surface area contributed by atoms with E-state index in [-0.39, 0.29) is 18.1 Å². The molecule has 2 nitrogen and oxygen atoms in total. The van der Waals surface area contributed by atoms with E-state index in [1.54, 1.807) is 12.1 Å². The third kappa shape index (κ3) is 2.88. The van der Waals surface area contributed by atoms with E-state index in [1.807, 2.05) is 48.5 Å². The Labute approximate surface area is 144 Å². The highest BCUT2D eigenvalue weighted by molar-refractivity contribution is 6.30. The monoisotopic (exact) mass is 339 g/mol. The van der Waals surface area contributed by atoms with Gasteiger partial charge >= 0.3 is 0 Å². The molecule has 0 saturated carbocycles. The molecule has 3 aromatic carbocycles. The number of benzene rings is 3. The summed E-state index contributed by atoms with van der Waals surface area (Å²) in [5, 5.41) is 4.02. The molecular weight excluding hydrogens is 325 g/mol. The SMILES string of the molecule is Fc1ccc([C@@H]2Nc3ccc(Cl)cc3[C@@H](c3ccccc3)O2)cc1. The highest BCUT2D eigenvalue weighted by Crippen LogP contribution is 2.42. The van der Waals surface area contributed by atoms with Crippen LogP contribution in [0.5, 0.6) is 0 Å². The predicted octanol–water partition coefficient (Wildman–Crippen LogP) is 5.71. The summed E-state index contributed by atoms with van der Waals surface area (Å²) in [6, 6.07) is 22.1. The quantitative estimate of drug-likeness (QED) is 0.645. The number of hydrogen-bond donors (Lipinski definition) is 1. The summed E-state index contributed by atoms with van der Waals surface area (Å²) in [4.78, 5) is 0. The fourth-order valence-corrected chi connectivity index (χ4v) is 3.13. The first-order chi connectivity index (χ1) is 11.7. The predicted molar refractivity (Wildman–Crippen MR) is 93.6 cm³/mol. The Morgan fingerprint density at radius 1 is 0.875 bits per heavy atom. The molecule has 0 radical (unpaired) electrons. The number of halogens is 2.